The van der Waals surface area contributed by atoms with Crippen LogP contribution in [0.15, 0.2) is 17.5 Å². The molecule has 96 valence electrons. The number of carbonyl (C=O) groups is 2. The van der Waals surface area contributed by atoms with E-state index in [0.717, 1.165) is 30.6 Å². The number of aromatic carboxylic acids is 1. The van der Waals surface area contributed by atoms with Crippen LogP contribution in [-0.2, 0) is 0 Å². The maximum Gasteiger partial charge on any atom is 0.355 e. The lowest BCUT2D eigenvalue weighted by molar-refractivity contribution is 0.0691. The van der Waals surface area contributed by atoms with Crippen molar-refractivity contribution < 1.29 is 14.7 Å². The van der Waals surface area contributed by atoms with Gasteiger partial charge < -0.3 is 10.4 Å². The van der Waals surface area contributed by atoms with Crippen molar-refractivity contribution in [3.8, 4) is 0 Å². The largest absolute Gasteiger partial charge is 0.476 e. The number of amides is 1. The summed E-state index contributed by atoms with van der Waals surface area (Å²) in [5.41, 5.74) is -0.0780. The van der Waals surface area contributed by atoms with Crippen LogP contribution in [0.3, 0.4) is 0 Å². The molecule has 0 bridgehead atoms. The quantitative estimate of drug-likeness (QED) is 0.816. The average Bonchev–Trinajstić information content (AvgIpc) is 2.87. The number of nitrogens with zero attached hydrogens (tertiary/aromatic N) is 1. The first kappa shape index (κ1) is 12.8. The first-order chi connectivity index (χ1) is 8.66. The minimum Gasteiger partial charge on any atom is -0.476 e. The molecule has 18 heavy (non-hydrogen) atoms. The van der Waals surface area contributed by atoms with Gasteiger partial charge in [-0.1, -0.05) is 12.2 Å². The van der Waals surface area contributed by atoms with Crippen molar-refractivity contribution in [3.05, 3.63) is 28.2 Å². The third-order valence-electron chi connectivity index (χ3n) is 2.85. The maximum atomic E-state index is 11.7. The van der Waals surface area contributed by atoms with Gasteiger partial charge in [0.05, 0.1) is 0 Å². The molecule has 1 heterocycles. The van der Waals surface area contributed by atoms with Gasteiger partial charge in [-0.15, -0.1) is 11.3 Å². The fraction of sp³-hybridized carbons (Fsp3) is 0.417. The van der Waals surface area contributed by atoms with Crippen molar-refractivity contribution in [1.29, 1.82) is 0 Å². The van der Waals surface area contributed by atoms with Gasteiger partial charge in [-0.05, 0) is 25.2 Å². The van der Waals surface area contributed by atoms with Crippen molar-refractivity contribution in [2.45, 2.75) is 19.3 Å². The van der Waals surface area contributed by atoms with Gasteiger partial charge in [0.1, 0.15) is 0 Å². The Hall–Kier alpha value is -1.69. The van der Waals surface area contributed by atoms with Crippen molar-refractivity contribution in [3.63, 3.8) is 0 Å². The molecule has 1 unspecified atom stereocenters. The molecular weight excluding hydrogens is 252 g/mol. The predicted molar refractivity (Wildman–Crippen MR) is 67.9 cm³/mol. The molecular formula is C12H14N2O3S. The first-order valence-electron chi connectivity index (χ1n) is 5.79. The zero-order valence-corrected chi connectivity index (χ0v) is 10.6. The second-order valence-corrected chi connectivity index (χ2v) is 5.06. The van der Waals surface area contributed by atoms with Gasteiger partial charge in [-0.2, -0.15) is 0 Å². The van der Waals surface area contributed by atoms with Gasteiger partial charge in [0.25, 0.3) is 5.91 Å². The van der Waals surface area contributed by atoms with Crippen molar-refractivity contribution >= 4 is 23.2 Å². The molecule has 2 N–H and O–H groups in total. The Kier molecular flexibility index (Phi) is 4.09. The Labute approximate surface area is 109 Å². The number of aromatic nitrogens is 1. The minimum absolute atomic E-state index is 0.0780. The number of hydrogen-bond donors (Lipinski definition) is 2. The van der Waals surface area contributed by atoms with Gasteiger partial charge in [-0.3, -0.25) is 4.79 Å². The molecule has 1 atom stereocenters. The van der Waals surface area contributed by atoms with E-state index in [1.165, 1.54) is 5.38 Å². The molecule has 0 saturated heterocycles. The molecule has 0 spiro atoms. The predicted octanol–water partition coefficient (Wildman–Crippen LogP) is 1.93. The zero-order valence-electron chi connectivity index (χ0n) is 9.76. The average molecular weight is 266 g/mol. The van der Waals surface area contributed by atoms with Gasteiger partial charge >= 0.3 is 5.97 Å². The molecule has 1 aliphatic carbocycles. The van der Waals surface area contributed by atoms with E-state index in [9.17, 15) is 9.59 Å². The van der Waals surface area contributed by atoms with Crippen molar-refractivity contribution in [2.75, 3.05) is 6.54 Å². The normalized spacial score (nSPS) is 18.6. The molecule has 1 aromatic heterocycles. The summed E-state index contributed by atoms with van der Waals surface area (Å²) in [4.78, 5) is 26.2. The summed E-state index contributed by atoms with van der Waals surface area (Å²) in [5, 5.41) is 13.1. The highest BCUT2D eigenvalue weighted by molar-refractivity contribution is 7.11. The lowest BCUT2D eigenvalue weighted by Gasteiger charge is -2.17. The standard InChI is InChI=1S/C12H14N2O3S/c15-10(11-14-9(7-18-11)12(16)17)13-6-8-4-2-1-3-5-8/h1-2,7-8H,3-6H2,(H,13,15)(H,16,17). The van der Waals surface area contributed by atoms with E-state index >= 15 is 0 Å². The van der Waals surface area contributed by atoms with Crippen molar-refractivity contribution in [1.82, 2.24) is 10.3 Å². The Balaban J connectivity index is 1.87. The Bertz CT molecular complexity index is 481. The van der Waals surface area contributed by atoms with Crippen LogP contribution in [0.1, 0.15) is 39.6 Å². The molecule has 0 aromatic carbocycles. The summed E-state index contributed by atoms with van der Waals surface area (Å²) in [7, 11) is 0. The third kappa shape index (κ3) is 3.16. The zero-order chi connectivity index (χ0) is 13.0. The summed E-state index contributed by atoms with van der Waals surface area (Å²) in [6.45, 7) is 0.616. The van der Waals surface area contributed by atoms with E-state index in [2.05, 4.69) is 22.5 Å². The number of hydrogen-bond acceptors (Lipinski definition) is 4. The fourth-order valence-electron chi connectivity index (χ4n) is 1.83. The number of rotatable bonds is 4. The van der Waals surface area contributed by atoms with E-state index in [1.807, 2.05) is 0 Å². The Morgan fingerprint density at radius 1 is 1.50 bits per heavy atom. The SMILES string of the molecule is O=C(O)c1csc(C(=O)NCC2CC=CCC2)n1. The van der Waals surface area contributed by atoms with Crippen LogP contribution >= 0.6 is 11.3 Å². The Morgan fingerprint density at radius 3 is 2.94 bits per heavy atom. The molecule has 2 rings (SSSR count). The fourth-order valence-corrected chi connectivity index (χ4v) is 2.54. The second-order valence-electron chi connectivity index (χ2n) is 4.20. The molecule has 0 aliphatic heterocycles. The van der Waals surface area contributed by atoms with E-state index in [0.29, 0.717) is 12.5 Å². The molecule has 0 radical (unpaired) electrons. The van der Waals surface area contributed by atoms with Gasteiger partial charge in [0, 0.05) is 11.9 Å². The number of carbonyl (C=O) groups excluding carboxylic acids is 1. The molecule has 1 aliphatic rings. The summed E-state index contributed by atoms with van der Waals surface area (Å²) < 4.78 is 0. The highest BCUT2D eigenvalue weighted by atomic mass is 32.1. The van der Waals surface area contributed by atoms with E-state index in [1.54, 1.807) is 0 Å². The summed E-state index contributed by atoms with van der Waals surface area (Å²) in [6, 6.07) is 0. The molecule has 0 saturated carbocycles. The van der Waals surface area contributed by atoms with E-state index in [4.69, 9.17) is 5.11 Å². The smallest absolute Gasteiger partial charge is 0.355 e. The van der Waals surface area contributed by atoms with E-state index in [-0.39, 0.29) is 16.6 Å². The number of carboxylic acids is 1. The highest BCUT2D eigenvalue weighted by Crippen LogP contribution is 2.17. The van der Waals surface area contributed by atoms with Crippen LogP contribution in [0.2, 0.25) is 0 Å². The molecule has 5 nitrogen and oxygen atoms in total. The van der Waals surface area contributed by atoms with Crippen LogP contribution in [0, 0.1) is 5.92 Å². The number of thiazole rings is 1. The van der Waals surface area contributed by atoms with Crippen LogP contribution in [-0.4, -0.2) is 28.5 Å². The summed E-state index contributed by atoms with van der Waals surface area (Å²) in [6.07, 6.45) is 7.40. The molecule has 6 heteroatoms. The van der Waals surface area contributed by atoms with Gasteiger partial charge in [-0.25, -0.2) is 9.78 Å². The molecule has 1 aromatic rings. The summed E-state index contributed by atoms with van der Waals surface area (Å²) >= 11 is 1.05. The Morgan fingerprint density at radius 2 is 2.33 bits per heavy atom. The van der Waals surface area contributed by atoms with E-state index < -0.39 is 5.97 Å². The van der Waals surface area contributed by atoms with Crippen molar-refractivity contribution in [2.24, 2.45) is 5.92 Å². The van der Waals surface area contributed by atoms with Crippen LogP contribution in [0.25, 0.3) is 0 Å². The first-order valence-corrected chi connectivity index (χ1v) is 6.67. The van der Waals surface area contributed by atoms with Crippen LogP contribution in [0.5, 0.6) is 0 Å². The van der Waals surface area contributed by atoms with Gasteiger partial charge in [0.15, 0.2) is 10.7 Å². The number of carboxylic acid groups (broad SMARTS) is 1. The highest BCUT2D eigenvalue weighted by Gasteiger charge is 2.16. The molecule has 0 fully saturated rings. The maximum absolute atomic E-state index is 11.7. The topological polar surface area (TPSA) is 79.3 Å². The van der Waals surface area contributed by atoms with Crippen LogP contribution in [0.4, 0.5) is 0 Å². The lowest BCUT2D eigenvalue weighted by atomic mass is 9.94. The lowest BCUT2D eigenvalue weighted by Crippen LogP contribution is -2.29. The summed E-state index contributed by atoms with van der Waals surface area (Å²) in [5.74, 6) is -0.928. The monoisotopic (exact) mass is 266 g/mol. The van der Waals surface area contributed by atoms with Gasteiger partial charge in [0.2, 0.25) is 0 Å². The minimum atomic E-state index is -1.11. The number of nitrogens with one attached hydrogen (secondary N) is 1. The number of allylic oxidation sites excluding steroid dienone is 2. The molecule has 1 amide bonds. The third-order valence-corrected chi connectivity index (χ3v) is 3.69. The van der Waals surface area contributed by atoms with Crippen LogP contribution < -0.4 is 5.32 Å². The second kappa shape index (κ2) is 5.77.